The highest BCUT2D eigenvalue weighted by Gasteiger charge is 2.25. The molecule has 68 valence electrons. The number of aromatic nitrogens is 1. The van der Waals surface area contributed by atoms with Gasteiger partial charge in [0.25, 0.3) is 0 Å². The van der Waals surface area contributed by atoms with Crippen LogP contribution < -0.4 is 5.73 Å². The molecule has 1 aromatic rings. The fraction of sp³-hybridized carbons (Fsp3) is 0.556. The summed E-state index contributed by atoms with van der Waals surface area (Å²) in [6, 6.07) is 0. The van der Waals surface area contributed by atoms with Crippen LogP contribution in [0.25, 0.3) is 0 Å². The van der Waals surface area contributed by atoms with E-state index in [1.807, 2.05) is 20.0 Å². The van der Waals surface area contributed by atoms with E-state index in [1.165, 1.54) is 0 Å². The molecule has 0 fully saturated rings. The van der Waals surface area contributed by atoms with E-state index in [0.717, 1.165) is 16.8 Å². The number of H-pyrrole nitrogens is 1. The predicted octanol–water partition coefficient (Wildman–Crippen LogP) is 0.798. The molecule has 0 radical (unpaired) electrons. The minimum absolute atomic E-state index is 0.243. The molecule has 12 heavy (non-hydrogen) atoms. The van der Waals surface area contributed by atoms with Crippen molar-refractivity contribution in [3.05, 3.63) is 23.0 Å². The summed E-state index contributed by atoms with van der Waals surface area (Å²) in [5.74, 6) is 0. The molecule has 0 aromatic carbocycles. The lowest BCUT2D eigenvalue weighted by atomic mass is 9.93. The average Bonchev–Trinajstić information content (AvgIpc) is 2.31. The molecule has 0 aliphatic heterocycles. The quantitative estimate of drug-likeness (QED) is 0.611. The van der Waals surface area contributed by atoms with Gasteiger partial charge in [0, 0.05) is 24.0 Å². The third-order valence-electron chi connectivity index (χ3n) is 2.21. The first-order valence-corrected chi connectivity index (χ1v) is 4.06. The van der Waals surface area contributed by atoms with Crippen molar-refractivity contribution < 1.29 is 5.11 Å². The Hall–Kier alpha value is -0.800. The van der Waals surface area contributed by atoms with Gasteiger partial charge in [-0.15, -0.1) is 0 Å². The minimum atomic E-state index is -0.909. The molecule has 1 heterocycles. The van der Waals surface area contributed by atoms with Crippen molar-refractivity contribution in [2.75, 3.05) is 6.54 Å². The van der Waals surface area contributed by atoms with E-state index in [2.05, 4.69) is 4.98 Å². The second-order valence-corrected chi connectivity index (χ2v) is 3.45. The van der Waals surface area contributed by atoms with E-state index >= 15 is 0 Å². The van der Waals surface area contributed by atoms with Gasteiger partial charge in [-0.3, -0.25) is 0 Å². The van der Waals surface area contributed by atoms with Crippen molar-refractivity contribution in [1.29, 1.82) is 0 Å². The van der Waals surface area contributed by atoms with Crippen LogP contribution in [-0.2, 0) is 5.60 Å². The molecule has 0 aliphatic rings. The second-order valence-electron chi connectivity index (χ2n) is 3.45. The Morgan fingerprint density at radius 1 is 1.58 bits per heavy atom. The zero-order chi connectivity index (χ0) is 9.35. The van der Waals surface area contributed by atoms with Gasteiger partial charge in [-0.05, 0) is 26.3 Å². The Morgan fingerprint density at radius 2 is 2.17 bits per heavy atom. The topological polar surface area (TPSA) is 62.0 Å². The third-order valence-corrected chi connectivity index (χ3v) is 2.21. The Morgan fingerprint density at radius 3 is 2.50 bits per heavy atom. The number of aromatic amines is 1. The van der Waals surface area contributed by atoms with E-state index in [1.54, 1.807) is 6.92 Å². The fourth-order valence-corrected chi connectivity index (χ4v) is 1.59. The third kappa shape index (κ3) is 1.38. The average molecular weight is 168 g/mol. The standard InChI is InChI=1S/C9H16N2O/c1-6-4-11-7(2)8(6)9(3,12)5-10/h4,11-12H,5,10H2,1-3H3. The van der Waals surface area contributed by atoms with Gasteiger partial charge in [0.05, 0.1) is 0 Å². The summed E-state index contributed by atoms with van der Waals surface area (Å²) < 4.78 is 0. The van der Waals surface area contributed by atoms with Crippen LogP contribution in [0.15, 0.2) is 6.20 Å². The lowest BCUT2D eigenvalue weighted by Crippen LogP contribution is -2.32. The van der Waals surface area contributed by atoms with Gasteiger partial charge in [0.15, 0.2) is 0 Å². The molecule has 0 saturated heterocycles. The highest BCUT2D eigenvalue weighted by atomic mass is 16.3. The summed E-state index contributed by atoms with van der Waals surface area (Å²) in [5.41, 5.74) is 7.53. The van der Waals surface area contributed by atoms with E-state index in [4.69, 9.17) is 5.73 Å². The zero-order valence-electron chi connectivity index (χ0n) is 7.81. The van der Waals surface area contributed by atoms with Crippen molar-refractivity contribution in [3.8, 4) is 0 Å². The van der Waals surface area contributed by atoms with Gasteiger partial charge in [0.2, 0.25) is 0 Å². The maximum atomic E-state index is 9.90. The first-order chi connectivity index (χ1) is 5.49. The van der Waals surface area contributed by atoms with E-state index in [-0.39, 0.29) is 6.54 Å². The predicted molar refractivity (Wildman–Crippen MR) is 48.9 cm³/mol. The number of hydrogen-bond donors (Lipinski definition) is 3. The molecule has 3 heteroatoms. The molecule has 0 spiro atoms. The van der Waals surface area contributed by atoms with Crippen LogP contribution in [0.3, 0.4) is 0 Å². The highest BCUT2D eigenvalue weighted by molar-refractivity contribution is 5.34. The van der Waals surface area contributed by atoms with Crippen molar-refractivity contribution in [2.24, 2.45) is 5.73 Å². The minimum Gasteiger partial charge on any atom is -0.384 e. The van der Waals surface area contributed by atoms with Gasteiger partial charge in [-0.25, -0.2) is 0 Å². The Balaban J connectivity index is 3.17. The van der Waals surface area contributed by atoms with Gasteiger partial charge < -0.3 is 15.8 Å². The van der Waals surface area contributed by atoms with Crippen LogP contribution in [-0.4, -0.2) is 16.6 Å². The molecular formula is C9H16N2O. The number of hydrogen-bond acceptors (Lipinski definition) is 2. The molecule has 0 amide bonds. The molecule has 0 saturated carbocycles. The number of aliphatic hydroxyl groups is 1. The molecule has 1 rings (SSSR count). The van der Waals surface area contributed by atoms with Crippen molar-refractivity contribution in [1.82, 2.24) is 4.98 Å². The van der Waals surface area contributed by atoms with Crippen LogP contribution in [0.2, 0.25) is 0 Å². The maximum Gasteiger partial charge on any atom is 0.101 e. The van der Waals surface area contributed by atoms with Crippen LogP contribution in [0.1, 0.15) is 23.7 Å². The number of rotatable bonds is 2. The first kappa shape index (κ1) is 9.29. The van der Waals surface area contributed by atoms with E-state index < -0.39 is 5.60 Å². The van der Waals surface area contributed by atoms with Crippen molar-refractivity contribution in [2.45, 2.75) is 26.4 Å². The number of aryl methyl sites for hydroxylation is 2. The first-order valence-electron chi connectivity index (χ1n) is 4.06. The van der Waals surface area contributed by atoms with Crippen LogP contribution in [0.5, 0.6) is 0 Å². The van der Waals surface area contributed by atoms with Crippen LogP contribution in [0, 0.1) is 13.8 Å². The van der Waals surface area contributed by atoms with Crippen molar-refractivity contribution >= 4 is 0 Å². The molecule has 4 N–H and O–H groups in total. The molecule has 0 bridgehead atoms. The van der Waals surface area contributed by atoms with E-state index in [9.17, 15) is 5.11 Å². The van der Waals surface area contributed by atoms with Crippen molar-refractivity contribution in [3.63, 3.8) is 0 Å². The largest absolute Gasteiger partial charge is 0.384 e. The molecule has 0 aliphatic carbocycles. The van der Waals surface area contributed by atoms with Crippen LogP contribution in [0.4, 0.5) is 0 Å². The summed E-state index contributed by atoms with van der Waals surface area (Å²) in [5, 5.41) is 9.90. The lowest BCUT2D eigenvalue weighted by molar-refractivity contribution is 0.0657. The Kier molecular flexibility index (Phi) is 2.26. The zero-order valence-corrected chi connectivity index (χ0v) is 7.81. The number of nitrogens with one attached hydrogen (secondary N) is 1. The summed E-state index contributed by atoms with van der Waals surface area (Å²) in [7, 11) is 0. The SMILES string of the molecule is Cc1c[nH]c(C)c1C(C)(O)CN. The summed E-state index contributed by atoms with van der Waals surface area (Å²) in [6.45, 7) is 5.87. The molecule has 3 nitrogen and oxygen atoms in total. The van der Waals surface area contributed by atoms with Gasteiger partial charge in [0.1, 0.15) is 5.60 Å². The molecule has 1 atom stereocenters. The Labute approximate surface area is 72.6 Å². The Bertz CT molecular complexity index is 257. The van der Waals surface area contributed by atoms with Gasteiger partial charge >= 0.3 is 0 Å². The summed E-state index contributed by atoms with van der Waals surface area (Å²) in [6.07, 6.45) is 1.88. The summed E-state index contributed by atoms with van der Waals surface area (Å²) >= 11 is 0. The van der Waals surface area contributed by atoms with Gasteiger partial charge in [-0.2, -0.15) is 0 Å². The molecule has 1 unspecified atom stereocenters. The monoisotopic (exact) mass is 168 g/mol. The van der Waals surface area contributed by atoms with Gasteiger partial charge in [-0.1, -0.05) is 0 Å². The highest BCUT2D eigenvalue weighted by Crippen LogP contribution is 2.25. The normalized spacial score (nSPS) is 16.1. The lowest BCUT2D eigenvalue weighted by Gasteiger charge is -2.22. The van der Waals surface area contributed by atoms with E-state index in [0.29, 0.717) is 0 Å². The fourth-order valence-electron chi connectivity index (χ4n) is 1.59. The smallest absolute Gasteiger partial charge is 0.101 e. The number of nitrogens with two attached hydrogens (primary N) is 1. The second kappa shape index (κ2) is 2.92. The molecular weight excluding hydrogens is 152 g/mol. The molecule has 1 aromatic heterocycles. The summed E-state index contributed by atoms with van der Waals surface area (Å²) in [4.78, 5) is 3.06. The maximum absolute atomic E-state index is 9.90. The van der Waals surface area contributed by atoms with Crippen LogP contribution >= 0.6 is 0 Å².